The van der Waals surface area contributed by atoms with Gasteiger partial charge in [0.2, 0.25) is 0 Å². The standard InChI is InChI=1S/C21H21FN4O2/c1-20(2)14-7-8-21(20,10-17-23-18(11-27)28-26-17)19-13(14)9-16(24-25-19)12-5-3-4-6-15(12)22/h3-6,9,14,27H,7-8,10-11H2,1-2H3/t14-,21-/m1/s1. The van der Waals surface area contributed by atoms with Crippen LogP contribution in [0, 0.1) is 11.2 Å². The van der Waals surface area contributed by atoms with Crippen LogP contribution in [-0.2, 0) is 18.4 Å². The maximum absolute atomic E-state index is 14.3. The summed E-state index contributed by atoms with van der Waals surface area (Å²) in [5.41, 5.74) is 2.85. The van der Waals surface area contributed by atoms with Crippen LogP contribution in [0.4, 0.5) is 4.39 Å². The molecule has 144 valence electrons. The van der Waals surface area contributed by atoms with Gasteiger partial charge in [-0.2, -0.15) is 15.2 Å². The molecule has 0 unspecified atom stereocenters. The summed E-state index contributed by atoms with van der Waals surface area (Å²) in [5, 5.41) is 22.2. The van der Waals surface area contributed by atoms with Crippen molar-refractivity contribution in [2.45, 2.75) is 51.0 Å². The lowest BCUT2D eigenvalue weighted by Crippen LogP contribution is -2.38. The summed E-state index contributed by atoms with van der Waals surface area (Å²) in [5.74, 6) is 0.827. The Kier molecular flexibility index (Phi) is 3.68. The quantitative estimate of drug-likeness (QED) is 0.745. The topological polar surface area (TPSA) is 84.9 Å². The van der Waals surface area contributed by atoms with Gasteiger partial charge < -0.3 is 9.63 Å². The number of hydrogen-bond donors (Lipinski definition) is 1. The van der Waals surface area contributed by atoms with Crippen LogP contribution < -0.4 is 0 Å². The van der Waals surface area contributed by atoms with E-state index in [1.807, 2.05) is 6.07 Å². The van der Waals surface area contributed by atoms with Crippen LogP contribution in [0.1, 0.15) is 55.6 Å². The van der Waals surface area contributed by atoms with Gasteiger partial charge in [0.05, 0.1) is 11.4 Å². The molecule has 2 aliphatic carbocycles. The summed E-state index contributed by atoms with van der Waals surface area (Å²) >= 11 is 0. The second-order valence-electron chi connectivity index (χ2n) is 8.35. The molecule has 2 atom stereocenters. The van der Waals surface area contributed by atoms with Crippen molar-refractivity contribution in [2.75, 3.05) is 0 Å². The number of halogens is 1. The number of hydrogen-bond acceptors (Lipinski definition) is 6. The Balaban J connectivity index is 1.60. The molecule has 3 aromatic rings. The van der Waals surface area contributed by atoms with E-state index in [1.165, 1.54) is 6.07 Å². The highest BCUT2D eigenvalue weighted by Gasteiger charge is 2.63. The van der Waals surface area contributed by atoms with Crippen molar-refractivity contribution in [3.63, 3.8) is 0 Å². The molecule has 28 heavy (non-hydrogen) atoms. The Morgan fingerprint density at radius 3 is 2.82 bits per heavy atom. The molecular formula is C21H21FN4O2. The summed E-state index contributed by atoms with van der Waals surface area (Å²) in [6.45, 7) is 4.23. The maximum Gasteiger partial charge on any atom is 0.252 e. The number of rotatable bonds is 4. The fourth-order valence-electron chi connectivity index (χ4n) is 5.32. The van der Waals surface area contributed by atoms with E-state index in [9.17, 15) is 9.50 Å². The minimum atomic E-state index is -0.294. The number of aliphatic hydroxyl groups excluding tert-OH is 1. The van der Waals surface area contributed by atoms with Crippen molar-refractivity contribution in [2.24, 2.45) is 5.41 Å². The fourth-order valence-corrected chi connectivity index (χ4v) is 5.32. The van der Waals surface area contributed by atoms with Gasteiger partial charge in [-0.15, -0.1) is 0 Å². The predicted molar refractivity (Wildman–Crippen MR) is 98.8 cm³/mol. The molecule has 0 radical (unpaired) electrons. The van der Waals surface area contributed by atoms with Gasteiger partial charge in [-0.05, 0) is 47.9 Å². The monoisotopic (exact) mass is 380 g/mol. The summed E-state index contributed by atoms with van der Waals surface area (Å²) in [7, 11) is 0. The molecule has 0 aliphatic heterocycles. The van der Waals surface area contributed by atoms with E-state index in [0.717, 1.165) is 24.1 Å². The average molecular weight is 380 g/mol. The zero-order chi connectivity index (χ0) is 19.5. The second-order valence-corrected chi connectivity index (χ2v) is 8.35. The molecule has 2 aliphatic rings. The van der Waals surface area contributed by atoms with Crippen LogP contribution in [0.5, 0.6) is 0 Å². The Morgan fingerprint density at radius 2 is 2.07 bits per heavy atom. The molecule has 1 saturated carbocycles. The number of aliphatic hydroxyl groups is 1. The predicted octanol–water partition coefficient (Wildman–Crippen LogP) is 3.56. The number of fused-ring (bicyclic) bond motifs is 5. The smallest absolute Gasteiger partial charge is 0.252 e. The van der Waals surface area contributed by atoms with Crippen molar-refractivity contribution in [1.29, 1.82) is 0 Å². The number of aromatic nitrogens is 4. The first-order valence-corrected chi connectivity index (χ1v) is 9.51. The van der Waals surface area contributed by atoms with Crippen LogP contribution in [0.15, 0.2) is 34.9 Å². The third-order valence-corrected chi connectivity index (χ3v) is 6.87. The lowest BCUT2D eigenvalue weighted by atomic mass is 9.66. The average Bonchev–Trinajstić information content (AvgIpc) is 3.29. The Morgan fingerprint density at radius 1 is 1.25 bits per heavy atom. The van der Waals surface area contributed by atoms with Gasteiger partial charge in [-0.25, -0.2) is 4.39 Å². The van der Waals surface area contributed by atoms with Crippen molar-refractivity contribution in [1.82, 2.24) is 20.3 Å². The van der Waals surface area contributed by atoms with E-state index < -0.39 is 0 Å². The zero-order valence-electron chi connectivity index (χ0n) is 15.8. The highest BCUT2D eigenvalue weighted by Crippen LogP contribution is 2.68. The van der Waals surface area contributed by atoms with E-state index in [2.05, 4.69) is 34.2 Å². The molecular weight excluding hydrogens is 359 g/mol. The van der Waals surface area contributed by atoms with Gasteiger partial charge in [0.15, 0.2) is 5.82 Å². The highest BCUT2D eigenvalue weighted by atomic mass is 19.1. The number of nitrogens with zero attached hydrogens (tertiary/aromatic N) is 4. The molecule has 5 rings (SSSR count). The normalized spacial score (nSPS) is 24.5. The molecule has 2 aromatic heterocycles. The van der Waals surface area contributed by atoms with Crippen molar-refractivity contribution >= 4 is 0 Å². The molecule has 2 heterocycles. The lowest BCUT2D eigenvalue weighted by molar-refractivity contribution is 0.198. The summed E-state index contributed by atoms with van der Waals surface area (Å²) in [4.78, 5) is 4.29. The van der Waals surface area contributed by atoms with E-state index in [-0.39, 0.29) is 29.1 Å². The summed E-state index contributed by atoms with van der Waals surface area (Å²) in [6, 6.07) is 8.65. The van der Waals surface area contributed by atoms with Crippen molar-refractivity contribution in [3.05, 3.63) is 59.1 Å². The summed E-state index contributed by atoms with van der Waals surface area (Å²) in [6.07, 6.45) is 2.59. The third-order valence-electron chi connectivity index (χ3n) is 6.87. The first-order valence-electron chi connectivity index (χ1n) is 9.51. The largest absolute Gasteiger partial charge is 0.387 e. The molecule has 0 spiro atoms. The van der Waals surface area contributed by atoms with Gasteiger partial charge in [-0.3, -0.25) is 0 Å². The van der Waals surface area contributed by atoms with Crippen LogP contribution >= 0.6 is 0 Å². The minimum absolute atomic E-state index is 0.0577. The lowest BCUT2D eigenvalue weighted by Gasteiger charge is -2.37. The minimum Gasteiger partial charge on any atom is -0.387 e. The van der Waals surface area contributed by atoms with E-state index in [0.29, 0.717) is 29.4 Å². The molecule has 7 heteroatoms. The molecule has 2 bridgehead atoms. The SMILES string of the molecule is CC1(C)[C@@H]2CC[C@@]1(Cc1noc(CO)n1)c1nnc(-c3ccccc3F)cc12. The van der Waals surface area contributed by atoms with Gasteiger partial charge in [0, 0.05) is 17.4 Å². The molecule has 1 N–H and O–H groups in total. The van der Waals surface area contributed by atoms with Crippen LogP contribution in [0.3, 0.4) is 0 Å². The first-order chi connectivity index (χ1) is 13.5. The Hall–Kier alpha value is -2.67. The van der Waals surface area contributed by atoms with E-state index >= 15 is 0 Å². The fraction of sp³-hybridized carbons (Fsp3) is 0.429. The molecule has 0 saturated heterocycles. The molecule has 1 fully saturated rings. The highest BCUT2D eigenvalue weighted by molar-refractivity contribution is 5.62. The second kappa shape index (κ2) is 5.91. The Bertz CT molecular complexity index is 1060. The van der Waals surface area contributed by atoms with E-state index in [4.69, 9.17) is 4.52 Å². The molecule has 0 amide bonds. The molecule has 6 nitrogen and oxygen atoms in total. The van der Waals surface area contributed by atoms with Crippen molar-refractivity contribution in [3.8, 4) is 11.3 Å². The van der Waals surface area contributed by atoms with Crippen LogP contribution in [-0.4, -0.2) is 25.4 Å². The Labute approximate surface area is 161 Å². The maximum atomic E-state index is 14.3. The van der Waals surface area contributed by atoms with Gasteiger partial charge in [0.25, 0.3) is 5.89 Å². The van der Waals surface area contributed by atoms with Crippen LogP contribution in [0.25, 0.3) is 11.3 Å². The molecule has 1 aromatic carbocycles. The van der Waals surface area contributed by atoms with Crippen LogP contribution in [0.2, 0.25) is 0 Å². The van der Waals surface area contributed by atoms with Gasteiger partial charge in [0.1, 0.15) is 12.4 Å². The first kappa shape index (κ1) is 17.4. The number of benzene rings is 1. The zero-order valence-corrected chi connectivity index (χ0v) is 15.8. The van der Waals surface area contributed by atoms with Crippen molar-refractivity contribution < 1.29 is 14.0 Å². The van der Waals surface area contributed by atoms with E-state index in [1.54, 1.807) is 18.2 Å². The summed E-state index contributed by atoms with van der Waals surface area (Å²) < 4.78 is 19.3. The third kappa shape index (κ3) is 2.22. The van der Waals surface area contributed by atoms with Gasteiger partial charge in [-0.1, -0.05) is 31.1 Å². The van der Waals surface area contributed by atoms with Gasteiger partial charge >= 0.3 is 0 Å².